The quantitative estimate of drug-likeness (QED) is 0.839. The number of aromatic nitrogens is 3. The van der Waals surface area contributed by atoms with Crippen molar-refractivity contribution in [3.8, 4) is 6.01 Å². The van der Waals surface area contributed by atoms with Crippen LogP contribution in [0.2, 0.25) is 0 Å². The van der Waals surface area contributed by atoms with Gasteiger partial charge in [0.05, 0.1) is 0 Å². The molecule has 0 atom stereocenters. The maximum atomic E-state index is 5.56. The van der Waals surface area contributed by atoms with E-state index in [1.165, 1.54) is 5.56 Å². The van der Waals surface area contributed by atoms with Gasteiger partial charge in [-0.2, -0.15) is 4.98 Å². The highest BCUT2D eigenvalue weighted by atomic mass is 16.5. The lowest BCUT2D eigenvalue weighted by Gasteiger charge is -2.09. The van der Waals surface area contributed by atoms with Gasteiger partial charge in [0.2, 0.25) is 0 Å². The predicted octanol–water partition coefficient (Wildman–Crippen LogP) is 1.50. The highest BCUT2D eigenvalue weighted by molar-refractivity contribution is 5.26. The third-order valence-corrected chi connectivity index (χ3v) is 2.62. The molecule has 1 aromatic heterocycles. The molecule has 2 aromatic rings. The molecule has 0 spiro atoms. The first kappa shape index (κ1) is 12.6. The lowest BCUT2D eigenvalue weighted by Crippen LogP contribution is -2.14. The van der Waals surface area contributed by atoms with Crippen LogP contribution in [0.15, 0.2) is 30.6 Å². The number of nitrogens with zero attached hydrogens (tertiary/aromatic N) is 3. The molecule has 0 fully saturated rings. The molecular formula is C13H18N4O. The highest BCUT2D eigenvalue weighted by Gasteiger charge is 2.04. The molecule has 0 bridgehead atoms. The molecule has 0 amide bonds. The molecule has 1 aromatic carbocycles. The second-order valence-corrected chi connectivity index (χ2v) is 4.04. The van der Waals surface area contributed by atoms with Crippen molar-refractivity contribution in [2.45, 2.75) is 20.1 Å². The first-order chi connectivity index (χ1) is 8.79. The van der Waals surface area contributed by atoms with E-state index in [-0.39, 0.29) is 0 Å². The lowest BCUT2D eigenvalue weighted by atomic mass is 10.1. The second kappa shape index (κ2) is 6.16. The van der Waals surface area contributed by atoms with Crippen molar-refractivity contribution in [3.63, 3.8) is 0 Å². The number of ether oxygens (including phenoxy) is 1. The van der Waals surface area contributed by atoms with Crippen molar-refractivity contribution in [2.24, 2.45) is 7.05 Å². The molecule has 0 saturated carbocycles. The van der Waals surface area contributed by atoms with Gasteiger partial charge in [-0.15, -0.1) is 5.10 Å². The van der Waals surface area contributed by atoms with Crippen LogP contribution in [0.1, 0.15) is 18.1 Å². The van der Waals surface area contributed by atoms with Crippen LogP contribution < -0.4 is 10.1 Å². The van der Waals surface area contributed by atoms with E-state index in [0.29, 0.717) is 12.6 Å². The Bertz CT molecular complexity index is 495. The molecule has 0 aliphatic carbocycles. The minimum Gasteiger partial charge on any atom is -0.458 e. The van der Waals surface area contributed by atoms with E-state index in [1.54, 1.807) is 11.0 Å². The fraction of sp³-hybridized carbons (Fsp3) is 0.385. The highest BCUT2D eigenvalue weighted by Crippen LogP contribution is 2.11. The fourth-order valence-corrected chi connectivity index (χ4v) is 1.66. The summed E-state index contributed by atoms with van der Waals surface area (Å²) >= 11 is 0. The Morgan fingerprint density at radius 2 is 2.06 bits per heavy atom. The van der Waals surface area contributed by atoms with Gasteiger partial charge in [-0.05, 0) is 17.7 Å². The summed E-state index contributed by atoms with van der Waals surface area (Å²) in [5, 5.41) is 7.40. The summed E-state index contributed by atoms with van der Waals surface area (Å²) in [4.78, 5) is 4.04. The van der Waals surface area contributed by atoms with Gasteiger partial charge in [0.15, 0.2) is 0 Å². The first-order valence-electron chi connectivity index (χ1n) is 6.05. The van der Waals surface area contributed by atoms with E-state index in [9.17, 15) is 0 Å². The third-order valence-electron chi connectivity index (χ3n) is 2.62. The van der Waals surface area contributed by atoms with Gasteiger partial charge in [-0.3, -0.25) is 4.68 Å². The average Bonchev–Trinajstić information content (AvgIpc) is 2.81. The van der Waals surface area contributed by atoms with E-state index < -0.39 is 0 Å². The Morgan fingerprint density at radius 3 is 2.72 bits per heavy atom. The van der Waals surface area contributed by atoms with Crippen LogP contribution in [0, 0.1) is 0 Å². The molecule has 2 rings (SSSR count). The van der Waals surface area contributed by atoms with Gasteiger partial charge in [0.1, 0.15) is 12.9 Å². The Hall–Kier alpha value is -1.88. The number of hydrogen-bond acceptors (Lipinski definition) is 4. The largest absolute Gasteiger partial charge is 0.458 e. The van der Waals surface area contributed by atoms with Crippen LogP contribution in [0.3, 0.4) is 0 Å². The molecule has 0 aliphatic heterocycles. The minimum absolute atomic E-state index is 0.413. The Kier molecular flexibility index (Phi) is 4.30. The molecular weight excluding hydrogens is 228 g/mol. The summed E-state index contributed by atoms with van der Waals surface area (Å²) in [5.41, 5.74) is 2.40. The number of rotatable bonds is 6. The molecule has 0 aliphatic rings. The Labute approximate surface area is 107 Å². The number of aryl methyl sites for hydroxylation is 1. The Morgan fingerprint density at radius 1 is 1.28 bits per heavy atom. The van der Waals surface area contributed by atoms with Crippen LogP contribution in [0.25, 0.3) is 0 Å². The Balaban J connectivity index is 1.99. The van der Waals surface area contributed by atoms with Crippen molar-refractivity contribution in [2.75, 3.05) is 6.54 Å². The van der Waals surface area contributed by atoms with Crippen molar-refractivity contribution in [1.29, 1.82) is 0 Å². The lowest BCUT2D eigenvalue weighted by molar-refractivity contribution is 0.278. The molecule has 0 radical (unpaired) electrons. The molecule has 96 valence electrons. The van der Waals surface area contributed by atoms with E-state index in [2.05, 4.69) is 34.5 Å². The van der Waals surface area contributed by atoms with E-state index >= 15 is 0 Å². The average molecular weight is 246 g/mol. The number of nitrogens with one attached hydrogen (secondary N) is 1. The molecule has 0 saturated heterocycles. The molecule has 1 N–H and O–H groups in total. The molecule has 5 nitrogen and oxygen atoms in total. The minimum atomic E-state index is 0.413. The summed E-state index contributed by atoms with van der Waals surface area (Å²) in [5.74, 6) is 0. The van der Waals surface area contributed by atoms with Crippen LogP contribution in [-0.4, -0.2) is 21.3 Å². The van der Waals surface area contributed by atoms with Crippen molar-refractivity contribution < 1.29 is 4.74 Å². The van der Waals surface area contributed by atoms with Crippen molar-refractivity contribution >= 4 is 0 Å². The first-order valence-corrected chi connectivity index (χ1v) is 6.05. The second-order valence-electron chi connectivity index (χ2n) is 4.04. The van der Waals surface area contributed by atoms with Gasteiger partial charge >= 0.3 is 6.01 Å². The third kappa shape index (κ3) is 3.30. The van der Waals surface area contributed by atoms with Crippen molar-refractivity contribution in [1.82, 2.24) is 20.1 Å². The van der Waals surface area contributed by atoms with Gasteiger partial charge < -0.3 is 10.1 Å². The summed E-state index contributed by atoms with van der Waals surface area (Å²) in [7, 11) is 1.82. The zero-order chi connectivity index (χ0) is 12.8. The normalized spacial score (nSPS) is 10.6. The summed E-state index contributed by atoms with van der Waals surface area (Å²) in [6, 6.07) is 8.63. The molecule has 18 heavy (non-hydrogen) atoms. The van der Waals surface area contributed by atoms with Gasteiger partial charge in [0.25, 0.3) is 0 Å². The van der Waals surface area contributed by atoms with Crippen LogP contribution in [0.4, 0.5) is 0 Å². The number of hydrogen-bond donors (Lipinski definition) is 1. The summed E-state index contributed by atoms with van der Waals surface area (Å²) in [6.07, 6.45) is 1.62. The van der Waals surface area contributed by atoms with Gasteiger partial charge in [0, 0.05) is 13.6 Å². The SMILES string of the molecule is CCNCc1ccccc1COc1ncn(C)n1. The van der Waals surface area contributed by atoms with Crippen molar-refractivity contribution in [3.05, 3.63) is 41.7 Å². The fourth-order valence-electron chi connectivity index (χ4n) is 1.66. The van der Waals surface area contributed by atoms with E-state index in [1.807, 2.05) is 19.2 Å². The molecule has 0 unspecified atom stereocenters. The van der Waals surface area contributed by atoms with Gasteiger partial charge in [-0.1, -0.05) is 31.2 Å². The zero-order valence-electron chi connectivity index (χ0n) is 10.8. The smallest absolute Gasteiger partial charge is 0.335 e. The summed E-state index contributed by atoms with van der Waals surface area (Å²) in [6.45, 7) is 4.39. The topological polar surface area (TPSA) is 52.0 Å². The van der Waals surface area contributed by atoms with E-state index in [4.69, 9.17) is 4.74 Å². The van der Waals surface area contributed by atoms with Gasteiger partial charge in [-0.25, -0.2) is 0 Å². The predicted molar refractivity (Wildman–Crippen MR) is 69.2 cm³/mol. The van der Waals surface area contributed by atoms with Crippen LogP contribution >= 0.6 is 0 Å². The monoisotopic (exact) mass is 246 g/mol. The number of benzene rings is 1. The summed E-state index contributed by atoms with van der Waals surface area (Å²) < 4.78 is 7.19. The van der Waals surface area contributed by atoms with Crippen LogP contribution in [-0.2, 0) is 20.2 Å². The van der Waals surface area contributed by atoms with Crippen LogP contribution in [0.5, 0.6) is 6.01 Å². The maximum Gasteiger partial charge on any atom is 0.335 e. The van der Waals surface area contributed by atoms with E-state index in [0.717, 1.165) is 18.7 Å². The maximum absolute atomic E-state index is 5.56. The standard InChI is InChI=1S/C13H18N4O/c1-3-14-8-11-6-4-5-7-12(11)9-18-13-15-10-17(2)16-13/h4-7,10,14H,3,8-9H2,1-2H3. The molecule has 1 heterocycles. The zero-order valence-corrected chi connectivity index (χ0v) is 10.8. The molecule has 5 heteroatoms.